The minimum atomic E-state index is -3.90. The number of hydrogen-bond acceptors (Lipinski definition) is 4. The van der Waals surface area contributed by atoms with Crippen LogP contribution in [0.1, 0.15) is 11.1 Å². The van der Waals surface area contributed by atoms with Gasteiger partial charge in [-0.15, -0.1) is 0 Å². The monoisotopic (exact) mass is 385 g/mol. The van der Waals surface area contributed by atoms with Gasteiger partial charge in [-0.05, 0) is 72.6 Å². The molecule has 0 amide bonds. The zero-order valence-corrected chi connectivity index (χ0v) is 15.5. The molecule has 3 aromatic carbocycles. The van der Waals surface area contributed by atoms with E-state index in [-0.39, 0.29) is 10.6 Å². The van der Waals surface area contributed by atoms with Gasteiger partial charge in [-0.2, -0.15) is 8.42 Å². The molecule has 0 radical (unpaired) electrons. The topological polar surface area (TPSA) is 55.7 Å². The Balaban J connectivity index is 1.73. The Hall–Kier alpha value is -2.63. The van der Waals surface area contributed by atoms with Crippen LogP contribution in [0, 0.1) is 6.92 Å². The van der Waals surface area contributed by atoms with Gasteiger partial charge in [-0.3, -0.25) is 4.99 Å². The number of nitrogens with zero attached hydrogens (tertiary/aromatic N) is 1. The van der Waals surface area contributed by atoms with E-state index in [1.54, 1.807) is 30.5 Å². The minimum Gasteiger partial charge on any atom is -0.379 e. The Bertz CT molecular complexity index is 1030. The third-order valence-corrected chi connectivity index (χ3v) is 5.17. The summed E-state index contributed by atoms with van der Waals surface area (Å²) in [4.78, 5) is 4.49. The zero-order valence-electron chi connectivity index (χ0n) is 14.0. The Labute approximate surface area is 157 Å². The number of aryl methyl sites for hydroxylation is 1. The first kappa shape index (κ1) is 18.2. The van der Waals surface area contributed by atoms with Gasteiger partial charge >= 0.3 is 10.1 Å². The van der Waals surface area contributed by atoms with Crippen LogP contribution in [0.2, 0.25) is 5.02 Å². The second kappa shape index (κ2) is 7.72. The van der Waals surface area contributed by atoms with Crippen LogP contribution < -0.4 is 4.18 Å². The van der Waals surface area contributed by atoms with Gasteiger partial charge in [0.05, 0.1) is 5.69 Å². The molecule has 0 aromatic heterocycles. The van der Waals surface area contributed by atoms with E-state index < -0.39 is 10.1 Å². The Morgan fingerprint density at radius 3 is 2.23 bits per heavy atom. The molecule has 26 heavy (non-hydrogen) atoms. The quantitative estimate of drug-likeness (QED) is 0.450. The summed E-state index contributed by atoms with van der Waals surface area (Å²) >= 11 is 5.78. The van der Waals surface area contributed by atoms with Gasteiger partial charge < -0.3 is 4.18 Å². The van der Waals surface area contributed by atoms with Crippen LogP contribution in [0.3, 0.4) is 0 Å². The predicted octanol–water partition coefficient (Wildman–Crippen LogP) is 5.17. The standard InChI is InChI=1S/C20H16ClNO3S/c1-15-4-2-3-5-20(15)22-14-16-6-10-18(11-7-16)25-26(23,24)19-12-8-17(21)9-13-19/h2-14H,1H3. The van der Waals surface area contributed by atoms with E-state index in [1.165, 1.54) is 24.3 Å². The van der Waals surface area contributed by atoms with Gasteiger partial charge in [-0.25, -0.2) is 0 Å². The highest BCUT2D eigenvalue weighted by atomic mass is 35.5. The summed E-state index contributed by atoms with van der Waals surface area (Å²) in [5.41, 5.74) is 2.81. The molecule has 0 atom stereocenters. The third kappa shape index (κ3) is 4.50. The lowest BCUT2D eigenvalue weighted by atomic mass is 10.2. The highest BCUT2D eigenvalue weighted by Gasteiger charge is 2.16. The Kier molecular flexibility index (Phi) is 5.40. The van der Waals surface area contributed by atoms with E-state index in [4.69, 9.17) is 15.8 Å². The van der Waals surface area contributed by atoms with Crippen molar-refractivity contribution in [3.63, 3.8) is 0 Å². The lowest BCUT2D eigenvalue weighted by Gasteiger charge is -2.07. The molecule has 0 spiro atoms. The molecule has 0 unspecified atom stereocenters. The smallest absolute Gasteiger partial charge is 0.339 e. The van der Waals surface area contributed by atoms with Crippen LogP contribution in [0.25, 0.3) is 0 Å². The predicted molar refractivity (Wildman–Crippen MR) is 104 cm³/mol. The van der Waals surface area contributed by atoms with Crippen molar-refractivity contribution >= 4 is 33.6 Å². The molecule has 3 aromatic rings. The summed E-state index contributed by atoms with van der Waals surface area (Å²) in [6.07, 6.45) is 1.72. The van der Waals surface area contributed by atoms with Gasteiger partial charge in [0.25, 0.3) is 0 Å². The summed E-state index contributed by atoms with van der Waals surface area (Å²) in [6, 6.07) is 20.3. The Morgan fingerprint density at radius 1 is 0.923 bits per heavy atom. The molecule has 0 bridgehead atoms. The van der Waals surface area contributed by atoms with Crippen molar-refractivity contribution in [1.29, 1.82) is 0 Å². The summed E-state index contributed by atoms with van der Waals surface area (Å²) in [5, 5.41) is 0.459. The maximum Gasteiger partial charge on any atom is 0.339 e. The minimum absolute atomic E-state index is 0.0482. The van der Waals surface area contributed by atoms with Crippen molar-refractivity contribution in [3.8, 4) is 5.75 Å². The summed E-state index contributed by atoms with van der Waals surface area (Å²) in [5.74, 6) is 0.230. The number of aliphatic imine (C=N–C) groups is 1. The second-order valence-corrected chi connectivity index (χ2v) is 7.59. The largest absolute Gasteiger partial charge is 0.379 e. The molecular weight excluding hydrogens is 370 g/mol. The number of hydrogen-bond donors (Lipinski definition) is 0. The fourth-order valence-corrected chi connectivity index (χ4v) is 3.29. The van der Waals surface area contributed by atoms with E-state index in [1.807, 2.05) is 31.2 Å². The Morgan fingerprint density at radius 2 is 1.58 bits per heavy atom. The van der Waals surface area contributed by atoms with Crippen LogP contribution in [0.4, 0.5) is 5.69 Å². The molecule has 0 heterocycles. The second-order valence-electron chi connectivity index (χ2n) is 5.61. The van der Waals surface area contributed by atoms with Crippen molar-refractivity contribution in [2.24, 2.45) is 4.99 Å². The van der Waals surface area contributed by atoms with Crippen molar-refractivity contribution in [1.82, 2.24) is 0 Å². The van der Waals surface area contributed by atoms with Crippen LogP contribution >= 0.6 is 11.6 Å². The molecule has 0 N–H and O–H groups in total. The first-order valence-corrected chi connectivity index (χ1v) is 9.62. The van der Waals surface area contributed by atoms with Crippen molar-refractivity contribution in [2.45, 2.75) is 11.8 Å². The molecule has 0 aliphatic heterocycles. The fourth-order valence-electron chi connectivity index (χ4n) is 2.24. The summed E-state index contributed by atoms with van der Waals surface area (Å²) in [6.45, 7) is 1.99. The molecule has 0 aliphatic carbocycles. The highest BCUT2D eigenvalue weighted by Crippen LogP contribution is 2.21. The molecular formula is C20H16ClNO3S. The van der Waals surface area contributed by atoms with E-state index >= 15 is 0 Å². The van der Waals surface area contributed by atoms with E-state index in [9.17, 15) is 8.42 Å². The summed E-state index contributed by atoms with van der Waals surface area (Å²) in [7, 11) is -3.90. The van der Waals surface area contributed by atoms with Crippen LogP contribution in [0.15, 0.2) is 82.7 Å². The van der Waals surface area contributed by atoms with Crippen LogP contribution in [0.5, 0.6) is 5.75 Å². The first-order chi connectivity index (χ1) is 12.4. The van der Waals surface area contributed by atoms with Gasteiger partial charge in [0.15, 0.2) is 0 Å². The van der Waals surface area contributed by atoms with Gasteiger partial charge in [0.2, 0.25) is 0 Å². The molecule has 132 valence electrons. The number of rotatable bonds is 5. The molecule has 0 fully saturated rings. The van der Waals surface area contributed by atoms with Crippen molar-refractivity contribution in [2.75, 3.05) is 0 Å². The summed E-state index contributed by atoms with van der Waals surface area (Å²) < 4.78 is 29.7. The van der Waals surface area contributed by atoms with Crippen molar-refractivity contribution < 1.29 is 12.6 Å². The maximum absolute atomic E-state index is 12.3. The molecule has 6 heteroatoms. The van der Waals surface area contributed by atoms with Crippen molar-refractivity contribution in [3.05, 3.63) is 88.9 Å². The third-order valence-electron chi connectivity index (χ3n) is 3.66. The lowest BCUT2D eigenvalue weighted by molar-refractivity contribution is 0.486. The van der Waals surface area contributed by atoms with Gasteiger partial charge in [0, 0.05) is 11.2 Å². The average molecular weight is 386 g/mol. The molecule has 0 aliphatic rings. The molecule has 0 saturated carbocycles. The molecule has 4 nitrogen and oxygen atoms in total. The first-order valence-electron chi connectivity index (χ1n) is 7.84. The number of benzene rings is 3. The average Bonchev–Trinajstić information content (AvgIpc) is 2.62. The normalized spacial score (nSPS) is 11.6. The maximum atomic E-state index is 12.3. The number of halogens is 1. The van der Waals surface area contributed by atoms with E-state index in [0.717, 1.165) is 16.8 Å². The van der Waals surface area contributed by atoms with Gasteiger partial charge in [-0.1, -0.05) is 29.8 Å². The van der Waals surface area contributed by atoms with Crippen LogP contribution in [-0.4, -0.2) is 14.6 Å². The van der Waals surface area contributed by atoms with Gasteiger partial charge in [0.1, 0.15) is 10.6 Å². The van der Waals surface area contributed by atoms with E-state index in [2.05, 4.69) is 4.99 Å². The molecule has 3 rings (SSSR count). The zero-order chi connectivity index (χ0) is 18.6. The number of para-hydroxylation sites is 1. The fraction of sp³-hybridized carbons (Fsp3) is 0.0500. The lowest BCUT2D eigenvalue weighted by Crippen LogP contribution is -2.09. The van der Waals surface area contributed by atoms with Crippen LogP contribution in [-0.2, 0) is 10.1 Å². The SMILES string of the molecule is Cc1ccccc1N=Cc1ccc(OS(=O)(=O)c2ccc(Cl)cc2)cc1. The van der Waals surface area contributed by atoms with E-state index in [0.29, 0.717) is 5.02 Å². The molecule has 0 saturated heterocycles. The highest BCUT2D eigenvalue weighted by molar-refractivity contribution is 7.87.